The molecule has 6 rings (SSSR count). The first-order valence-corrected chi connectivity index (χ1v) is 13.1. The molecule has 1 fully saturated rings. The first kappa shape index (κ1) is 24.8. The standard InChI is InChI=1S/C30H30N6O3/c31-26(30(37)36-14-12-35(13-15-36)19-22-4-2-1-3-5-22)16-21-6-8-24(9-7-21)39-27-10-11-32-29-28(27)25(18-33-29)23-17-34-38-20-23/h1-11,17-18,20,26H,12-16,19,31H2,(H,32,33)/t26-/m0/s1. The highest BCUT2D eigenvalue weighted by Crippen LogP contribution is 2.36. The summed E-state index contributed by atoms with van der Waals surface area (Å²) in [5.41, 5.74) is 11.1. The number of piperazine rings is 1. The maximum absolute atomic E-state index is 13.0. The van der Waals surface area contributed by atoms with Crippen LogP contribution in [0.25, 0.3) is 22.2 Å². The first-order valence-electron chi connectivity index (χ1n) is 13.1. The Balaban J connectivity index is 1.06. The number of aromatic nitrogens is 3. The molecule has 1 aliphatic heterocycles. The van der Waals surface area contributed by atoms with Crippen molar-refractivity contribution in [3.8, 4) is 22.6 Å². The molecule has 2 aromatic carbocycles. The molecule has 0 unspecified atom stereocenters. The number of rotatable bonds is 8. The summed E-state index contributed by atoms with van der Waals surface area (Å²) in [5, 5.41) is 4.65. The van der Waals surface area contributed by atoms with Crippen molar-refractivity contribution in [1.82, 2.24) is 24.9 Å². The number of nitrogens with zero attached hydrogens (tertiary/aromatic N) is 4. The number of carbonyl (C=O) groups excluding carboxylic acids is 1. The fraction of sp³-hybridized carbons (Fsp3) is 0.233. The van der Waals surface area contributed by atoms with E-state index >= 15 is 0 Å². The second kappa shape index (κ2) is 11.1. The number of fused-ring (bicyclic) bond motifs is 1. The van der Waals surface area contributed by atoms with Crippen molar-refractivity contribution in [3.05, 3.63) is 96.6 Å². The molecule has 9 heteroatoms. The van der Waals surface area contributed by atoms with Crippen LogP contribution in [-0.4, -0.2) is 63.1 Å². The maximum atomic E-state index is 13.0. The van der Waals surface area contributed by atoms with Crippen molar-refractivity contribution >= 4 is 16.9 Å². The number of pyridine rings is 1. The summed E-state index contributed by atoms with van der Waals surface area (Å²) in [7, 11) is 0. The largest absolute Gasteiger partial charge is 0.457 e. The Kier molecular flexibility index (Phi) is 7.07. The van der Waals surface area contributed by atoms with Crippen LogP contribution in [0.2, 0.25) is 0 Å². The zero-order valence-electron chi connectivity index (χ0n) is 21.5. The van der Waals surface area contributed by atoms with Crippen LogP contribution in [0.15, 0.2) is 90.0 Å². The number of H-pyrrole nitrogens is 1. The highest BCUT2D eigenvalue weighted by Gasteiger charge is 2.25. The second-order valence-corrected chi connectivity index (χ2v) is 9.79. The zero-order chi connectivity index (χ0) is 26.6. The van der Waals surface area contributed by atoms with Crippen molar-refractivity contribution in [2.24, 2.45) is 5.73 Å². The van der Waals surface area contributed by atoms with Gasteiger partial charge in [-0.15, -0.1) is 0 Å². The summed E-state index contributed by atoms with van der Waals surface area (Å²) < 4.78 is 11.2. The number of ether oxygens (including phenoxy) is 1. The third kappa shape index (κ3) is 5.55. The first-order chi connectivity index (χ1) is 19.1. The second-order valence-electron chi connectivity index (χ2n) is 9.79. The topological polar surface area (TPSA) is 114 Å². The molecule has 198 valence electrons. The Morgan fingerprint density at radius 2 is 1.82 bits per heavy atom. The summed E-state index contributed by atoms with van der Waals surface area (Å²) in [6.45, 7) is 3.99. The van der Waals surface area contributed by atoms with Gasteiger partial charge in [-0.3, -0.25) is 9.69 Å². The highest BCUT2D eigenvalue weighted by molar-refractivity contribution is 5.97. The van der Waals surface area contributed by atoms with E-state index in [1.165, 1.54) is 5.56 Å². The van der Waals surface area contributed by atoms with Gasteiger partial charge in [-0.05, 0) is 35.7 Å². The van der Waals surface area contributed by atoms with E-state index in [0.717, 1.165) is 41.7 Å². The molecule has 0 aliphatic carbocycles. The van der Waals surface area contributed by atoms with Gasteiger partial charge in [-0.2, -0.15) is 0 Å². The Morgan fingerprint density at radius 1 is 1.03 bits per heavy atom. The van der Waals surface area contributed by atoms with Crippen LogP contribution in [0.3, 0.4) is 0 Å². The summed E-state index contributed by atoms with van der Waals surface area (Å²) in [4.78, 5) is 24.9. The molecule has 0 saturated carbocycles. The molecule has 0 radical (unpaired) electrons. The lowest BCUT2D eigenvalue weighted by atomic mass is 10.0. The van der Waals surface area contributed by atoms with Gasteiger partial charge in [0.25, 0.3) is 0 Å². The molecule has 0 bridgehead atoms. The predicted octanol–water partition coefficient (Wildman–Crippen LogP) is 4.22. The molecule has 1 atom stereocenters. The molecule has 1 saturated heterocycles. The van der Waals surface area contributed by atoms with Gasteiger partial charge >= 0.3 is 0 Å². The van der Waals surface area contributed by atoms with Crippen molar-refractivity contribution < 1.29 is 14.1 Å². The van der Waals surface area contributed by atoms with E-state index in [0.29, 0.717) is 36.7 Å². The third-order valence-corrected chi connectivity index (χ3v) is 7.14. The van der Waals surface area contributed by atoms with E-state index < -0.39 is 6.04 Å². The van der Waals surface area contributed by atoms with Crippen LogP contribution in [-0.2, 0) is 17.8 Å². The van der Waals surface area contributed by atoms with Gasteiger partial charge in [-0.25, -0.2) is 4.98 Å². The molecule has 3 N–H and O–H groups in total. The van der Waals surface area contributed by atoms with Gasteiger partial charge in [0.15, 0.2) is 0 Å². The van der Waals surface area contributed by atoms with Crippen LogP contribution < -0.4 is 10.5 Å². The Bertz CT molecular complexity index is 1520. The Labute approximate surface area is 226 Å². The molecule has 1 aliphatic rings. The monoisotopic (exact) mass is 522 g/mol. The molecule has 5 aromatic rings. The van der Waals surface area contributed by atoms with Gasteiger partial charge in [0.05, 0.1) is 17.6 Å². The van der Waals surface area contributed by atoms with Crippen LogP contribution >= 0.6 is 0 Å². The molecular formula is C30H30N6O3. The van der Waals surface area contributed by atoms with Gasteiger partial charge < -0.3 is 24.9 Å². The summed E-state index contributed by atoms with van der Waals surface area (Å²) >= 11 is 0. The molecule has 1 amide bonds. The van der Waals surface area contributed by atoms with Gasteiger partial charge in [-0.1, -0.05) is 47.6 Å². The number of hydrogen-bond donors (Lipinski definition) is 2. The van der Waals surface area contributed by atoms with Crippen molar-refractivity contribution in [3.63, 3.8) is 0 Å². The number of carbonyl (C=O) groups is 1. The Morgan fingerprint density at radius 3 is 2.56 bits per heavy atom. The predicted molar refractivity (Wildman–Crippen MR) is 148 cm³/mol. The van der Waals surface area contributed by atoms with E-state index in [4.69, 9.17) is 15.0 Å². The molecule has 3 aromatic heterocycles. The van der Waals surface area contributed by atoms with Crippen molar-refractivity contribution in [2.75, 3.05) is 26.2 Å². The lowest BCUT2D eigenvalue weighted by molar-refractivity contribution is -0.134. The quantitative estimate of drug-likeness (QED) is 0.314. The minimum absolute atomic E-state index is 0.00240. The average molecular weight is 523 g/mol. The fourth-order valence-electron chi connectivity index (χ4n) is 5.04. The van der Waals surface area contributed by atoms with E-state index in [2.05, 4.69) is 44.3 Å². The van der Waals surface area contributed by atoms with Crippen molar-refractivity contribution in [2.45, 2.75) is 19.0 Å². The van der Waals surface area contributed by atoms with Crippen LogP contribution in [0.1, 0.15) is 11.1 Å². The fourth-order valence-corrected chi connectivity index (χ4v) is 5.04. The van der Waals surface area contributed by atoms with Crippen molar-refractivity contribution in [1.29, 1.82) is 0 Å². The normalized spacial score (nSPS) is 14.9. The highest BCUT2D eigenvalue weighted by atomic mass is 16.5. The summed E-state index contributed by atoms with van der Waals surface area (Å²) in [5.74, 6) is 1.35. The lowest BCUT2D eigenvalue weighted by Gasteiger charge is -2.36. The van der Waals surface area contributed by atoms with E-state index in [1.54, 1.807) is 18.7 Å². The van der Waals surface area contributed by atoms with Gasteiger partial charge in [0.2, 0.25) is 5.91 Å². The SMILES string of the molecule is N[C@@H](Cc1ccc(Oc2ccnc3[nH]cc(-c4cnoc4)c23)cc1)C(=O)N1CCN(Cc2ccccc2)CC1. The van der Waals surface area contributed by atoms with E-state index in [1.807, 2.05) is 47.5 Å². The average Bonchev–Trinajstić information content (AvgIpc) is 3.65. The van der Waals surface area contributed by atoms with Crippen LogP contribution in [0, 0.1) is 0 Å². The lowest BCUT2D eigenvalue weighted by Crippen LogP contribution is -2.53. The number of nitrogens with two attached hydrogens (primary N) is 1. The minimum atomic E-state index is -0.580. The van der Waals surface area contributed by atoms with Crippen LogP contribution in [0.5, 0.6) is 11.5 Å². The number of amides is 1. The number of benzene rings is 2. The molecule has 9 nitrogen and oxygen atoms in total. The molecule has 4 heterocycles. The smallest absolute Gasteiger partial charge is 0.239 e. The minimum Gasteiger partial charge on any atom is -0.457 e. The molecule has 0 spiro atoms. The summed E-state index contributed by atoms with van der Waals surface area (Å²) in [6, 6.07) is 19.4. The maximum Gasteiger partial charge on any atom is 0.239 e. The number of nitrogens with one attached hydrogen (secondary N) is 1. The zero-order valence-corrected chi connectivity index (χ0v) is 21.5. The number of hydrogen-bond acceptors (Lipinski definition) is 7. The summed E-state index contributed by atoms with van der Waals surface area (Å²) in [6.07, 6.45) is 7.28. The third-order valence-electron chi connectivity index (χ3n) is 7.14. The van der Waals surface area contributed by atoms with E-state index in [-0.39, 0.29) is 5.91 Å². The Hall–Kier alpha value is -4.47. The van der Waals surface area contributed by atoms with E-state index in [9.17, 15) is 4.79 Å². The molecular weight excluding hydrogens is 492 g/mol. The number of aromatic amines is 1. The van der Waals surface area contributed by atoms with Gasteiger partial charge in [0, 0.05) is 56.2 Å². The molecule has 39 heavy (non-hydrogen) atoms. The van der Waals surface area contributed by atoms with Gasteiger partial charge in [0.1, 0.15) is 23.4 Å². The van der Waals surface area contributed by atoms with Crippen LogP contribution in [0.4, 0.5) is 0 Å².